The van der Waals surface area contributed by atoms with E-state index in [0.29, 0.717) is 11.8 Å². The molecule has 0 saturated heterocycles. The van der Waals surface area contributed by atoms with E-state index >= 15 is 0 Å². The molecular formula is C13H26ClN3O2. The molecule has 19 heavy (non-hydrogen) atoms. The van der Waals surface area contributed by atoms with E-state index in [0.717, 1.165) is 12.8 Å². The molecule has 2 amide bonds. The summed E-state index contributed by atoms with van der Waals surface area (Å²) in [4.78, 5) is 22.6. The van der Waals surface area contributed by atoms with Crippen LogP contribution < -0.4 is 16.4 Å². The zero-order valence-corrected chi connectivity index (χ0v) is 12.6. The third-order valence-corrected chi connectivity index (χ3v) is 3.65. The fourth-order valence-electron chi connectivity index (χ4n) is 2.49. The first-order valence-electron chi connectivity index (χ1n) is 6.79. The van der Waals surface area contributed by atoms with Gasteiger partial charge in [0, 0.05) is 6.04 Å². The lowest BCUT2D eigenvalue weighted by Crippen LogP contribution is -2.45. The van der Waals surface area contributed by atoms with Crippen molar-refractivity contribution in [2.75, 3.05) is 13.1 Å². The lowest BCUT2D eigenvalue weighted by molar-refractivity contribution is -0.126. The summed E-state index contributed by atoms with van der Waals surface area (Å²) in [6, 6.07) is 0.258. The molecule has 0 aromatic carbocycles. The molecule has 1 rings (SSSR count). The number of carbonyl (C=O) groups is 2. The molecule has 5 nitrogen and oxygen atoms in total. The minimum atomic E-state index is -0.297. The van der Waals surface area contributed by atoms with Crippen molar-refractivity contribution in [1.82, 2.24) is 10.6 Å². The fraction of sp³-hybridized carbons (Fsp3) is 0.846. The van der Waals surface area contributed by atoms with Crippen LogP contribution in [0.1, 0.15) is 39.5 Å². The van der Waals surface area contributed by atoms with Crippen LogP contribution in [0.25, 0.3) is 0 Å². The lowest BCUT2D eigenvalue weighted by Gasteiger charge is -2.32. The number of carbonyl (C=O) groups excluding carboxylic acids is 2. The summed E-state index contributed by atoms with van der Waals surface area (Å²) in [5, 5.41) is 5.47. The minimum absolute atomic E-state index is 0. The topological polar surface area (TPSA) is 84.2 Å². The maximum Gasteiger partial charge on any atom is 0.239 e. The summed E-state index contributed by atoms with van der Waals surface area (Å²) in [7, 11) is 0. The molecule has 112 valence electrons. The molecule has 1 saturated carbocycles. The van der Waals surface area contributed by atoms with E-state index in [4.69, 9.17) is 5.73 Å². The average Bonchev–Trinajstić information content (AvgIpc) is 2.36. The zero-order chi connectivity index (χ0) is 13.5. The normalized spacial score (nSPS) is 22.5. The van der Waals surface area contributed by atoms with Gasteiger partial charge in [-0.15, -0.1) is 12.4 Å². The van der Waals surface area contributed by atoms with Gasteiger partial charge in [0.25, 0.3) is 0 Å². The van der Waals surface area contributed by atoms with Crippen molar-refractivity contribution < 1.29 is 9.59 Å². The first kappa shape index (κ1) is 18.2. The minimum Gasteiger partial charge on any atom is -0.352 e. The van der Waals surface area contributed by atoms with Gasteiger partial charge >= 0.3 is 0 Å². The highest BCUT2D eigenvalue weighted by Gasteiger charge is 2.25. The number of hydrogen-bond acceptors (Lipinski definition) is 3. The Labute approximate surface area is 121 Å². The van der Waals surface area contributed by atoms with Crippen LogP contribution in [0.5, 0.6) is 0 Å². The second kappa shape index (κ2) is 9.15. The molecule has 0 aliphatic heterocycles. The molecule has 6 heteroatoms. The molecule has 1 aliphatic rings. The summed E-state index contributed by atoms with van der Waals surface area (Å²) >= 11 is 0. The van der Waals surface area contributed by atoms with Crippen LogP contribution in [0.2, 0.25) is 0 Å². The summed E-state index contributed by atoms with van der Waals surface area (Å²) < 4.78 is 0. The molecule has 0 bridgehead atoms. The van der Waals surface area contributed by atoms with Crippen LogP contribution in [0, 0.1) is 11.8 Å². The van der Waals surface area contributed by atoms with Gasteiger partial charge in [0.15, 0.2) is 0 Å². The van der Waals surface area contributed by atoms with Gasteiger partial charge in [0.1, 0.15) is 0 Å². The highest BCUT2D eigenvalue weighted by Crippen LogP contribution is 2.29. The summed E-state index contributed by atoms with van der Waals surface area (Å²) in [5.41, 5.74) is 5.15. The predicted molar refractivity (Wildman–Crippen MR) is 78.0 cm³/mol. The number of amides is 2. The highest BCUT2D eigenvalue weighted by atomic mass is 35.5. The third kappa shape index (κ3) is 6.78. The molecule has 0 aromatic rings. The van der Waals surface area contributed by atoms with Crippen LogP contribution in [0.15, 0.2) is 0 Å². The number of hydrogen-bond donors (Lipinski definition) is 3. The molecule has 0 heterocycles. The summed E-state index contributed by atoms with van der Waals surface area (Å²) in [5.74, 6) is 0.949. The van der Waals surface area contributed by atoms with E-state index < -0.39 is 0 Å². The third-order valence-electron chi connectivity index (χ3n) is 3.65. The van der Waals surface area contributed by atoms with E-state index in [9.17, 15) is 9.59 Å². The standard InChI is InChI=1S/C13H25N3O2.ClH/c1-9(2)10-4-3-5-11(6-10)16-13(18)8-15-12(17)7-14;/h9-11H,3-8,14H2,1-2H3,(H,15,17)(H,16,18);1H. The van der Waals surface area contributed by atoms with E-state index in [1.54, 1.807) is 0 Å². The zero-order valence-electron chi connectivity index (χ0n) is 11.8. The lowest BCUT2D eigenvalue weighted by atomic mass is 9.79. The smallest absolute Gasteiger partial charge is 0.239 e. The second-order valence-corrected chi connectivity index (χ2v) is 5.42. The molecule has 4 N–H and O–H groups in total. The largest absolute Gasteiger partial charge is 0.352 e. The molecule has 0 aromatic heterocycles. The Morgan fingerprint density at radius 1 is 1.26 bits per heavy atom. The van der Waals surface area contributed by atoms with Crippen molar-refractivity contribution in [2.45, 2.75) is 45.6 Å². The Hall–Kier alpha value is -0.810. The van der Waals surface area contributed by atoms with Crippen LogP contribution in [-0.4, -0.2) is 30.9 Å². The SMILES string of the molecule is CC(C)C1CCCC(NC(=O)CNC(=O)CN)C1.Cl. The van der Waals surface area contributed by atoms with E-state index in [1.807, 2.05) is 0 Å². The fourth-order valence-corrected chi connectivity index (χ4v) is 2.49. The Morgan fingerprint density at radius 2 is 1.95 bits per heavy atom. The first-order valence-corrected chi connectivity index (χ1v) is 6.79. The maximum atomic E-state index is 11.6. The predicted octanol–water partition coefficient (Wildman–Crippen LogP) is 0.814. The van der Waals surface area contributed by atoms with Gasteiger partial charge < -0.3 is 16.4 Å². The molecule has 0 spiro atoms. The van der Waals surface area contributed by atoms with Gasteiger partial charge in [-0.3, -0.25) is 9.59 Å². The van der Waals surface area contributed by atoms with E-state index in [1.165, 1.54) is 12.8 Å². The number of nitrogens with two attached hydrogens (primary N) is 1. The quantitative estimate of drug-likeness (QED) is 0.701. The van der Waals surface area contributed by atoms with Crippen molar-refractivity contribution in [3.05, 3.63) is 0 Å². The van der Waals surface area contributed by atoms with E-state index in [-0.39, 0.29) is 43.4 Å². The van der Waals surface area contributed by atoms with Gasteiger partial charge in [-0.1, -0.05) is 26.7 Å². The Morgan fingerprint density at radius 3 is 2.53 bits per heavy atom. The Kier molecular flexibility index (Phi) is 8.76. The van der Waals surface area contributed by atoms with Crippen molar-refractivity contribution >= 4 is 24.2 Å². The van der Waals surface area contributed by atoms with Gasteiger partial charge in [0.2, 0.25) is 11.8 Å². The first-order chi connectivity index (χ1) is 8.52. The van der Waals surface area contributed by atoms with Crippen molar-refractivity contribution in [1.29, 1.82) is 0 Å². The Balaban J connectivity index is 0.00000324. The van der Waals surface area contributed by atoms with Gasteiger partial charge in [-0.05, 0) is 24.7 Å². The number of rotatable bonds is 5. The summed E-state index contributed by atoms with van der Waals surface area (Å²) in [6.07, 6.45) is 4.52. The molecule has 1 aliphatic carbocycles. The molecule has 2 unspecified atom stereocenters. The van der Waals surface area contributed by atoms with E-state index in [2.05, 4.69) is 24.5 Å². The van der Waals surface area contributed by atoms with Crippen molar-refractivity contribution in [2.24, 2.45) is 17.6 Å². The van der Waals surface area contributed by atoms with Gasteiger partial charge in [-0.25, -0.2) is 0 Å². The monoisotopic (exact) mass is 291 g/mol. The molecule has 0 radical (unpaired) electrons. The van der Waals surface area contributed by atoms with Crippen LogP contribution in [-0.2, 0) is 9.59 Å². The van der Waals surface area contributed by atoms with Crippen molar-refractivity contribution in [3.63, 3.8) is 0 Å². The highest BCUT2D eigenvalue weighted by molar-refractivity contribution is 5.85. The Bertz CT molecular complexity index is 298. The second-order valence-electron chi connectivity index (χ2n) is 5.42. The van der Waals surface area contributed by atoms with Crippen LogP contribution in [0.4, 0.5) is 0 Å². The van der Waals surface area contributed by atoms with Crippen molar-refractivity contribution in [3.8, 4) is 0 Å². The summed E-state index contributed by atoms with van der Waals surface area (Å²) in [6.45, 7) is 4.41. The molecule has 2 atom stereocenters. The maximum absolute atomic E-state index is 11.6. The van der Waals surface area contributed by atoms with Crippen LogP contribution in [0.3, 0.4) is 0 Å². The number of nitrogens with one attached hydrogen (secondary N) is 2. The van der Waals surface area contributed by atoms with Crippen LogP contribution >= 0.6 is 12.4 Å². The average molecular weight is 292 g/mol. The van der Waals surface area contributed by atoms with Gasteiger partial charge in [0.05, 0.1) is 13.1 Å². The molecular weight excluding hydrogens is 266 g/mol. The van der Waals surface area contributed by atoms with Gasteiger partial charge in [-0.2, -0.15) is 0 Å². The molecule has 1 fully saturated rings. The number of halogens is 1.